The van der Waals surface area contributed by atoms with E-state index in [1.165, 1.54) is 19.2 Å². The molecule has 1 aliphatic rings. The van der Waals surface area contributed by atoms with E-state index in [2.05, 4.69) is 20.2 Å². The highest BCUT2D eigenvalue weighted by Gasteiger charge is 2.44. The van der Waals surface area contributed by atoms with Crippen molar-refractivity contribution in [2.45, 2.75) is 38.5 Å². The zero-order chi connectivity index (χ0) is 35.7. The van der Waals surface area contributed by atoms with Gasteiger partial charge in [0.15, 0.2) is 34.0 Å². The highest BCUT2D eigenvalue weighted by atomic mass is 32.2. The van der Waals surface area contributed by atoms with Crippen molar-refractivity contribution in [1.82, 2.24) is 28.6 Å². The Morgan fingerprint density at radius 3 is 2.52 bits per heavy atom. The molecule has 0 saturated carbocycles. The van der Waals surface area contributed by atoms with Gasteiger partial charge in [-0.05, 0) is 13.8 Å². The molecule has 3 aromatic rings. The first-order chi connectivity index (χ1) is 22.4. The molecular weight excluding hydrogens is 684 g/mol. The zero-order valence-corrected chi connectivity index (χ0v) is 26.6. The first-order valence-corrected chi connectivity index (χ1v) is 16.1. The number of imide groups is 1. The fourth-order valence-corrected chi connectivity index (χ4v) is 5.78. The largest absolute Gasteiger partial charge is 0.503 e. The van der Waals surface area contributed by atoms with Crippen molar-refractivity contribution in [3.05, 3.63) is 44.0 Å². The summed E-state index contributed by atoms with van der Waals surface area (Å²) in [5.41, 5.74) is 0.721. The number of hydrogen-bond acceptors (Lipinski definition) is 17. The lowest BCUT2D eigenvalue weighted by Gasteiger charge is -2.36. The summed E-state index contributed by atoms with van der Waals surface area (Å²) in [7, 11) is -4.95. The number of likely N-dealkylation sites (tertiary alicyclic amines) is 1. The molecule has 3 aromatic heterocycles. The van der Waals surface area contributed by atoms with Crippen molar-refractivity contribution in [1.29, 1.82) is 0 Å². The molecule has 4 rings (SSSR count). The summed E-state index contributed by atoms with van der Waals surface area (Å²) >= 11 is 0.949. The second kappa shape index (κ2) is 13.5. The fraction of sp³-hybridized carbons (Fsp3) is 0.400. The molecule has 2 atom stereocenters. The minimum Gasteiger partial charge on any atom is -0.503 e. The van der Waals surface area contributed by atoms with Gasteiger partial charge in [0.05, 0.1) is 30.9 Å². The lowest BCUT2D eigenvalue weighted by molar-refractivity contribution is -0.161. The summed E-state index contributed by atoms with van der Waals surface area (Å²) in [6.45, 7) is 0.423. The molecular formula is C25H28N8O13S2. The van der Waals surface area contributed by atoms with E-state index in [9.17, 15) is 57.6 Å². The number of pyridine rings is 1. The molecule has 1 fully saturated rings. The Morgan fingerprint density at radius 1 is 1.27 bits per heavy atom. The summed E-state index contributed by atoms with van der Waals surface area (Å²) in [6, 6.07) is 0.792. The third-order valence-corrected chi connectivity index (χ3v) is 8.85. The molecule has 0 aromatic carbocycles. The average Bonchev–Trinajstić information content (AvgIpc) is 3.58. The van der Waals surface area contributed by atoms with Crippen LogP contribution in [0, 0.1) is 5.92 Å². The van der Waals surface area contributed by atoms with Gasteiger partial charge < -0.3 is 36.0 Å². The summed E-state index contributed by atoms with van der Waals surface area (Å²) in [4.78, 5) is 87.2. The molecule has 0 radical (unpaired) electrons. The number of aliphatic hydroxyl groups is 2. The number of thiazole rings is 1. The molecule has 7 N–H and O–H groups in total. The normalized spacial score (nSPS) is 16.0. The number of aromatic amines is 1. The van der Waals surface area contributed by atoms with Crippen LogP contribution in [0.25, 0.3) is 11.5 Å². The number of nitrogens with two attached hydrogens (primary N) is 1. The molecule has 0 spiro atoms. The van der Waals surface area contributed by atoms with Crippen LogP contribution in [0.3, 0.4) is 0 Å². The van der Waals surface area contributed by atoms with Crippen LogP contribution in [0.5, 0.6) is 5.75 Å². The number of aliphatic carboxylic acids is 1. The van der Waals surface area contributed by atoms with Gasteiger partial charge in [0.2, 0.25) is 22.8 Å². The number of anilines is 1. The Labute approximate surface area is 272 Å². The van der Waals surface area contributed by atoms with E-state index in [-0.39, 0.29) is 20.6 Å². The van der Waals surface area contributed by atoms with Gasteiger partial charge in [-0.25, -0.2) is 23.0 Å². The van der Waals surface area contributed by atoms with Crippen molar-refractivity contribution < 1.29 is 52.9 Å². The number of nitrogen functional groups attached to an aromatic ring is 1. The fourth-order valence-electron chi connectivity index (χ4n) is 4.11. The maximum atomic E-state index is 13.2. The lowest BCUT2D eigenvalue weighted by Crippen LogP contribution is -2.57. The summed E-state index contributed by atoms with van der Waals surface area (Å²) in [6.07, 6.45) is -1.28. The quantitative estimate of drug-likeness (QED) is 0.0548. The van der Waals surface area contributed by atoms with E-state index < -0.39 is 111 Å². The molecule has 0 unspecified atom stereocenters. The average molecular weight is 713 g/mol. The minimum atomic E-state index is -4.95. The first kappa shape index (κ1) is 35.6. The van der Waals surface area contributed by atoms with Crippen molar-refractivity contribution >= 4 is 55.8 Å². The third-order valence-electron chi connectivity index (χ3n) is 6.80. The Balaban J connectivity index is 1.52. The van der Waals surface area contributed by atoms with Gasteiger partial charge in [-0.2, -0.15) is 0 Å². The predicted molar refractivity (Wildman–Crippen MR) is 162 cm³/mol. The molecule has 1 aliphatic heterocycles. The van der Waals surface area contributed by atoms with Gasteiger partial charge in [0, 0.05) is 30.6 Å². The molecule has 258 valence electrons. The number of nitrogens with zero attached hydrogens (tertiary/aromatic N) is 6. The Hall–Kier alpha value is -5.26. The standard InChI is InChI=1S/C25H28N8O13S2/c1-25(2,22(41)42)46-30-19(14-9-47-23(26)28-14)16(37)3-11-6-31(21(11)40)18(39)10-48(44,45)33-24(43)32(7-12(35)8-34)20(29-33)13-4-15(36)17(38)5-27-13/h4-5,9,11-12,34-35,38H,3,6-8,10H2,1-2H3,(H2,26,28)(H,27,36)(H,41,42)/b30-19-/t11-,12+/m0/s1. The number of carboxylic acid groups (broad SMARTS) is 1. The van der Waals surface area contributed by atoms with Crippen LogP contribution in [0.4, 0.5) is 5.13 Å². The molecule has 1 saturated heterocycles. The molecule has 0 bridgehead atoms. The maximum Gasteiger partial charge on any atom is 0.360 e. The monoisotopic (exact) mass is 712 g/mol. The summed E-state index contributed by atoms with van der Waals surface area (Å²) < 4.78 is 26.8. The SMILES string of the molecule is CC(C)(O/N=C(\C(=O)C[C@H]1CN(C(=O)CS(=O)(=O)n2nc(-c3cc(=O)c(O)c[nH]3)n(C[C@@H](O)CO)c2=O)C1=O)c1csc(N)n1)C(=O)O. The van der Waals surface area contributed by atoms with E-state index in [1.807, 2.05) is 0 Å². The van der Waals surface area contributed by atoms with Gasteiger partial charge in [-0.3, -0.25) is 28.6 Å². The van der Waals surface area contributed by atoms with Crippen molar-refractivity contribution in [3.8, 4) is 17.3 Å². The molecule has 0 aliphatic carbocycles. The van der Waals surface area contributed by atoms with Gasteiger partial charge in [-0.15, -0.1) is 20.5 Å². The van der Waals surface area contributed by atoms with Crippen LogP contribution in [0.15, 0.2) is 32.4 Å². The molecule has 48 heavy (non-hydrogen) atoms. The second-order valence-electron chi connectivity index (χ2n) is 10.8. The Bertz CT molecular complexity index is 2040. The van der Waals surface area contributed by atoms with E-state index in [0.29, 0.717) is 9.47 Å². The number of ketones is 1. The Kier molecular flexibility index (Phi) is 9.98. The second-order valence-corrected chi connectivity index (χ2v) is 13.5. The van der Waals surface area contributed by atoms with Gasteiger partial charge >= 0.3 is 11.7 Å². The van der Waals surface area contributed by atoms with Crippen LogP contribution in [-0.2, 0) is 40.6 Å². The highest BCUT2D eigenvalue weighted by molar-refractivity contribution is 7.90. The summed E-state index contributed by atoms with van der Waals surface area (Å²) in [5, 5.41) is 46.7. The number of rotatable bonds is 14. The van der Waals surface area contributed by atoms with Crippen LogP contribution < -0.4 is 16.9 Å². The number of amides is 2. The molecule has 21 nitrogen and oxygen atoms in total. The number of aromatic nitrogens is 5. The number of nitrogens with one attached hydrogen (secondary N) is 1. The predicted octanol–water partition coefficient (Wildman–Crippen LogP) is -3.10. The number of carboxylic acids is 1. The van der Waals surface area contributed by atoms with Crippen molar-refractivity contribution in [2.75, 3.05) is 24.6 Å². The number of β-lactam (4-membered cyclic amide) rings is 1. The van der Waals surface area contributed by atoms with Gasteiger partial charge in [-0.1, -0.05) is 5.16 Å². The van der Waals surface area contributed by atoms with E-state index in [4.69, 9.17) is 10.6 Å². The van der Waals surface area contributed by atoms with Gasteiger partial charge in [0.25, 0.3) is 10.0 Å². The third kappa shape index (κ3) is 7.32. The number of carbonyl (C=O) groups excluding carboxylic acids is 3. The molecule has 4 heterocycles. The van der Waals surface area contributed by atoms with Crippen molar-refractivity contribution in [2.24, 2.45) is 11.1 Å². The highest BCUT2D eigenvalue weighted by Crippen LogP contribution is 2.24. The van der Waals surface area contributed by atoms with E-state index in [1.54, 1.807) is 0 Å². The number of H-pyrrole nitrogens is 1. The van der Waals surface area contributed by atoms with Crippen LogP contribution in [-0.4, -0.2) is 117 Å². The van der Waals surface area contributed by atoms with Crippen LogP contribution in [0.1, 0.15) is 26.0 Å². The maximum absolute atomic E-state index is 13.2. The smallest absolute Gasteiger partial charge is 0.360 e. The summed E-state index contributed by atoms with van der Waals surface area (Å²) in [5.74, 6) is -8.17. The number of oxime groups is 1. The number of hydrogen-bond donors (Lipinski definition) is 6. The van der Waals surface area contributed by atoms with Crippen molar-refractivity contribution in [3.63, 3.8) is 0 Å². The first-order valence-electron chi connectivity index (χ1n) is 13.6. The Morgan fingerprint density at radius 2 is 1.96 bits per heavy atom. The van der Waals surface area contributed by atoms with E-state index >= 15 is 0 Å². The number of carbonyl (C=O) groups is 4. The number of aromatic hydroxyl groups is 1. The van der Waals surface area contributed by atoms with Crippen LogP contribution in [0.2, 0.25) is 0 Å². The van der Waals surface area contributed by atoms with Crippen LogP contribution >= 0.6 is 11.3 Å². The molecule has 23 heteroatoms. The van der Waals surface area contributed by atoms with Gasteiger partial charge in [0.1, 0.15) is 5.69 Å². The number of aliphatic hydroxyl groups excluding tert-OH is 2. The lowest BCUT2D eigenvalue weighted by atomic mass is 9.91. The number of Topliss-reactive ketones (excluding diaryl/α,β-unsaturated/α-hetero) is 1. The topological polar surface area (TPSA) is 320 Å². The van der Waals surface area contributed by atoms with E-state index in [0.717, 1.165) is 23.6 Å². The minimum absolute atomic E-state index is 0.0534. The molecule has 2 amide bonds. The zero-order valence-electron chi connectivity index (χ0n) is 25.0.